The Labute approximate surface area is 95.4 Å². The third-order valence-corrected chi connectivity index (χ3v) is 2.46. The summed E-state index contributed by atoms with van der Waals surface area (Å²) >= 11 is 0. The molecule has 0 atom stereocenters. The Morgan fingerprint density at radius 2 is 2.19 bits per heavy atom. The minimum absolute atomic E-state index is 0.741. The maximum Gasteiger partial charge on any atom is 0.328 e. The molecule has 3 nitrogen and oxygen atoms in total. The fourth-order valence-electron chi connectivity index (χ4n) is 1.57. The predicted octanol–water partition coefficient (Wildman–Crippen LogP) is 2.75. The lowest BCUT2D eigenvalue weighted by Gasteiger charge is -2.09. The minimum Gasteiger partial charge on any atom is -0.496 e. The van der Waals surface area contributed by atoms with Crippen LogP contribution in [0.3, 0.4) is 0 Å². The molecular formula is C13H16O3. The summed E-state index contributed by atoms with van der Waals surface area (Å²) in [5, 5.41) is 8.67. The van der Waals surface area contributed by atoms with E-state index in [1.165, 1.54) is 6.08 Å². The van der Waals surface area contributed by atoms with Crippen molar-refractivity contribution in [2.24, 2.45) is 0 Å². The average Bonchev–Trinajstić information content (AvgIpc) is 2.27. The number of rotatable bonds is 4. The number of hydrogen-bond donors (Lipinski definition) is 1. The van der Waals surface area contributed by atoms with E-state index in [0.29, 0.717) is 0 Å². The molecule has 0 amide bonds. The van der Waals surface area contributed by atoms with E-state index in [9.17, 15) is 4.79 Å². The second-order valence-corrected chi connectivity index (χ2v) is 3.55. The van der Waals surface area contributed by atoms with Crippen LogP contribution in [0.2, 0.25) is 0 Å². The Morgan fingerprint density at radius 3 is 2.69 bits per heavy atom. The fourth-order valence-corrected chi connectivity index (χ4v) is 1.57. The molecule has 0 saturated carbocycles. The molecule has 1 rings (SSSR count). The van der Waals surface area contributed by atoms with Crippen molar-refractivity contribution in [2.75, 3.05) is 7.11 Å². The van der Waals surface area contributed by atoms with Crippen molar-refractivity contribution in [1.82, 2.24) is 0 Å². The highest BCUT2D eigenvalue weighted by Crippen LogP contribution is 2.24. The van der Waals surface area contributed by atoms with Crippen molar-refractivity contribution in [3.05, 3.63) is 35.4 Å². The summed E-state index contributed by atoms with van der Waals surface area (Å²) in [5.74, 6) is -0.0826. The quantitative estimate of drug-likeness (QED) is 0.793. The maximum absolute atomic E-state index is 10.6. The number of benzene rings is 1. The second-order valence-electron chi connectivity index (χ2n) is 3.55. The van der Waals surface area contributed by atoms with E-state index in [2.05, 4.69) is 0 Å². The lowest BCUT2D eigenvalue weighted by molar-refractivity contribution is -0.131. The standard InChI is InChI=1S/C13H16O3/c1-4-10-8-11(5-6-12(10)16-3)9(2)7-13(14)15/h5-8H,4H2,1-3H3,(H,14,15)/b9-7+. The van der Waals surface area contributed by atoms with E-state index in [-0.39, 0.29) is 0 Å². The smallest absolute Gasteiger partial charge is 0.328 e. The van der Waals surface area contributed by atoms with Crippen LogP contribution in [-0.2, 0) is 11.2 Å². The van der Waals surface area contributed by atoms with Crippen molar-refractivity contribution in [3.8, 4) is 5.75 Å². The van der Waals surface area contributed by atoms with Gasteiger partial charge in [-0.25, -0.2) is 4.79 Å². The van der Waals surface area contributed by atoms with Gasteiger partial charge in [0.25, 0.3) is 0 Å². The number of carboxylic acid groups (broad SMARTS) is 1. The molecule has 1 N–H and O–H groups in total. The summed E-state index contributed by atoms with van der Waals surface area (Å²) < 4.78 is 5.22. The Bertz CT molecular complexity index is 419. The largest absolute Gasteiger partial charge is 0.496 e. The zero-order valence-electron chi connectivity index (χ0n) is 9.78. The zero-order valence-corrected chi connectivity index (χ0v) is 9.78. The summed E-state index contributed by atoms with van der Waals surface area (Å²) in [5.41, 5.74) is 2.74. The number of ether oxygens (including phenoxy) is 1. The molecule has 86 valence electrons. The molecule has 0 aliphatic heterocycles. The first-order chi connectivity index (χ1) is 7.58. The van der Waals surface area contributed by atoms with Crippen molar-refractivity contribution >= 4 is 11.5 Å². The first-order valence-electron chi connectivity index (χ1n) is 5.17. The summed E-state index contributed by atoms with van der Waals surface area (Å²) in [6, 6.07) is 5.70. The van der Waals surface area contributed by atoms with Gasteiger partial charge < -0.3 is 9.84 Å². The second kappa shape index (κ2) is 5.35. The SMILES string of the molecule is CCc1cc(/C(C)=C/C(=O)O)ccc1OC. The number of hydrogen-bond acceptors (Lipinski definition) is 2. The highest BCUT2D eigenvalue weighted by molar-refractivity contribution is 5.89. The van der Waals surface area contributed by atoms with Gasteiger partial charge in [-0.2, -0.15) is 0 Å². The zero-order chi connectivity index (χ0) is 12.1. The van der Waals surface area contributed by atoms with Crippen LogP contribution in [0.4, 0.5) is 0 Å². The van der Waals surface area contributed by atoms with Crippen molar-refractivity contribution in [1.29, 1.82) is 0 Å². The topological polar surface area (TPSA) is 46.5 Å². The normalized spacial score (nSPS) is 11.3. The number of allylic oxidation sites excluding steroid dienone is 1. The Hall–Kier alpha value is -1.77. The van der Waals surface area contributed by atoms with Gasteiger partial charge in [-0.15, -0.1) is 0 Å². The van der Waals surface area contributed by atoms with Gasteiger partial charge in [0.05, 0.1) is 7.11 Å². The van der Waals surface area contributed by atoms with Gasteiger partial charge in [-0.05, 0) is 42.2 Å². The maximum atomic E-state index is 10.6. The predicted molar refractivity (Wildman–Crippen MR) is 63.7 cm³/mol. The van der Waals surface area contributed by atoms with E-state index in [4.69, 9.17) is 9.84 Å². The van der Waals surface area contributed by atoms with E-state index >= 15 is 0 Å². The van der Waals surface area contributed by atoms with Crippen molar-refractivity contribution in [2.45, 2.75) is 20.3 Å². The number of carbonyl (C=O) groups is 1. The van der Waals surface area contributed by atoms with Gasteiger partial charge >= 0.3 is 5.97 Å². The van der Waals surface area contributed by atoms with Crippen LogP contribution in [0.1, 0.15) is 25.0 Å². The molecule has 0 unspecified atom stereocenters. The van der Waals surface area contributed by atoms with Crippen LogP contribution >= 0.6 is 0 Å². The molecule has 0 spiro atoms. The lowest BCUT2D eigenvalue weighted by Crippen LogP contribution is -1.94. The summed E-state index contributed by atoms with van der Waals surface area (Å²) in [7, 11) is 1.63. The van der Waals surface area contributed by atoms with Gasteiger partial charge in [0, 0.05) is 6.08 Å². The molecule has 0 bridgehead atoms. The van der Waals surface area contributed by atoms with Crippen LogP contribution in [-0.4, -0.2) is 18.2 Å². The third-order valence-electron chi connectivity index (χ3n) is 2.46. The number of methoxy groups -OCH3 is 1. The number of aryl methyl sites for hydroxylation is 1. The van der Waals surface area contributed by atoms with Gasteiger partial charge in [-0.1, -0.05) is 13.0 Å². The van der Waals surface area contributed by atoms with E-state index in [0.717, 1.165) is 28.9 Å². The minimum atomic E-state index is -0.925. The molecule has 1 aromatic carbocycles. The molecular weight excluding hydrogens is 204 g/mol. The number of carboxylic acids is 1. The van der Waals surface area contributed by atoms with Crippen molar-refractivity contribution in [3.63, 3.8) is 0 Å². The van der Waals surface area contributed by atoms with Crippen LogP contribution in [0.5, 0.6) is 5.75 Å². The lowest BCUT2D eigenvalue weighted by atomic mass is 10.0. The highest BCUT2D eigenvalue weighted by Gasteiger charge is 2.04. The Balaban J connectivity index is 3.13. The molecule has 0 aromatic heterocycles. The summed E-state index contributed by atoms with van der Waals surface area (Å²) in [6.07, 6.45) is 2.07. The van der Waals surface area contributed by atoms with Gasteiger partial charge in [0.1, 0.15) is 5.75 Å². The molecule has 0 fully saturated rings. The van der Waals surface area contributed by atoms with Crippen molar-refractivity contribution < 1.29 is 14.6 Å². The fraction of sp³-hybridized carbons (Fsp3) is 0.308. The molecule has 1 aromatic rings. The first-order valence-corrected chi connectivity index (χ1v) is 5.17. The number of aliphatic carboxylic acids is 1. The Morgan fingerprint density at radius 1 is 1.50 bits per heavy atom. The Kier molecular flexibility index (Phi) is 4.11. The van der Waals surface area contributed by atoms with Gasteiger partial charge in [0.2, 0.25) is 0 Å². The summed E-state index contributed by atoms with van der Waals surface area (Å²) in [6.45, 7) is 3.83. The third kappa shape index (κ3) is 2.86. The van der Waals surface area contributed by atoms with E-state index in [1.54, 1.807) is 14.0 Å². The molecule has 0 heterocycles. The monoisotopic (exact) mass is 220 g/mol. The van der Waals surface area contributed by atoms with Gasteiger partial charge in [0.15, 0.2) is 0 Å². The molecule has 0 radical (unpaired) electrons. The molecule has 0 aliphatic carbocycles. The van der Waals surface area contributed by atoms with E-state index < -0.39 is 5.97 Å². The molecule has 3 heteroatoms. The van der Waals surface area contributed by atoms with Crippen LogP contribution in [0.15, 0.2) is 24.3 Å². The average molecular weight is 220 g/mol. The highest BCUT2D eigenvalue weighted by atomic mass is 16.5. The first kappa shape index (κ1) is 12.3. The molecule has 16 heavy (non-hydrogen) atoms. The van der Waals surface area contributed by atoms with Crippen LogP contribution in [0, 0.1) is 0 Å². The summed E-state index contributed by atoms with van der Waals surface area (Å²) in [4.78, 5) is 10.6. The van der Waals surface area contributed by atoms with Crippen LogP contribution in [0.25, 0.3) is 5.57 Å². The van der Waals surface area contributed by atoms with Crippen LogP contribution < -0.4 is 4.74 Å². The molecule has 0 aliphatic rings. The molecule has 0 saturated heterocycles. The van der Waals surface area contributed by atoms with Gasteiger partial charge in [-0.3, -0.25) is 0 Å². The van der Waals surface area contributed by atoms with E-state index in [1.807, 2.05) is 25.1 Å².